The van der Waals surface area contributed by atoms with Gasteiger partial charge in [0.2, 0.25) is 0 Å². The van der Waals surface area contributed by atoms with Crippen molar-refractivity contribution in [2.75, 3.05) is 0 Å². The minimum Gasteiger partial charge on any atom is -0.507 e. The van der Waals surface area contributed by atoms with E-state index in [4.69, 9.17) is 23.2 Å². The zero-order valence-electron chi connectivity index (χ0n) is 10.4. The Morgan fingerprint density at radius 1 is 1.26 bits per heavy atom. The average molecular weight is 300 g/mol. The summed E-state index contributed by atoms with van der Waals surface area (Å²) in [4.78, 5) is 14.5. The lowest BCUT2D eigenvalue weighted by molar-refractivity contribution is 0.0596. The summed E-state index contributed by atoms with van der Waals surface area (Å²) in [6.45, 7) is 0. The Bertz CT molecular complexity index is 506. The molecule has 1 aromatic carbocycles. The third-order valence-electron chi connectivity index (χ3n) is 4.10. The van der Waals surface area contributed by atoms with Crippen LogP contribution in [0.3, 0.4) is 0 Å². The first-order chi connectivity index (χ1) is 9.06. The van der Waals surface area contributed by atoms with Crippen LogP contribution in [0.4, 0.5) is 0 Å². The smallest absolute Gasteiger partial charge is 0.258 e. The third kappa shape index (κ3) is 2.30. The van der Waals surface area contributed by atoms with Gasteiger partial charge in [0, 0.05) is 22.5 Å². The average Bonchev–Trinajstić information content (AvgIpc) is 2.64. The van der Waals surface area contributed by atoms with Gasteiger partial charge in [-0.05, 0) is 43.9 Å². The molecule has 2 atom stereocenters. The molecule has 1 aromatic rings. The fourth-order valence-corrected chi connectivity index (χ4v) is 3.84. The molecule has 2 saturated heterocycles. The molecule has 2 unspecified atom stereocenters. The number of phenolic OH excluding ortho intramolecular Hbond substituents is 1. The number of carbonyl (C=O) groups excluding carboxylic acids is 1. The summed E-state index contributed by atoms with van der Waals surface area (Å²) in [5, 5.41) is 10.5. The Balaban J connectivity index is 1.90. The lowest BCUT2D eigenvalue weighted by Gasteiger charge is -2.37. The normalized spacial score (nSPS) is 29.6. The molecule has 0 aliphatic carbocycles. The van der Waals surface area contributed by atoms with Crippen molar-refractivity contribution in [2.45, 2.75) is 43.1 Å². The van der Waals surface area contributed by atoms with Gasteiger partial charge in [0.25, 0.3) is 5.91 Å². The lowest BCUT2D eigenvalue weighted by Crippen LogP contribution is -2.46. The zero-order chi connectivity index (χ0) is 13.6. The number of piperidine rings is 1. The van der Waals surface area contributed by atoms with Crippen LogP contribution in [0.15, 0.2) is 18.2 Å². The van der Waals surface area contributed by atoms with Crippen LogP contribution in [0.25, 0.3) is 0 Å². The maximum atomic E-state index is 12.6. The summed E-state index contributed by atoms with van der Waals surface area (Å²) in [5.74, 6) is -0.141. The molecule has 0 aromatic heterocycles. The standard InChI is InChI=1S/C14H15Cl2NO2/c15-8-1-4-13(18)12(7-8)14(19)17-10-2-3-11(17)6-9(16)5-10/h1,4,7,9-11,18H,2-3,5-6H2. The quantitative estimate of drug-likeness (QED) is 0.807. The van der Waals surface area contributed by atoms with Gasteiger partial charge in [-0.3, -0.25) is 4.79 Å². The molecular weight excluding hydrogens is 285 g/mol. The van der Waals surface area contributed by atoms with E-state index >= 15 is 0 Å². The van der Waals surface area contributed by atoms with E-state index in [0.29, 0.717) is 5.02 Å². The zero-order valence-corrected chi connectivity index (χ0v) is 11.9. The highest BCUT2D eigenvalue weighted by molar-refractivity contribution is 6.31. The number of halogens is 2. The van der Waals surface area contributed by atoms with Crippen molar-refractivity contribution in [3.8, 4) is 5.75 Å². The van der Waals surface area contributed by atoms with E-state index in [1.54, 1.807) is 6.07 Å². The van der Waals surface area contributed by atoms with E-state index in [1.807, 2.05) is 4.90 Å². The van der Waals surface area contributed by atoms with E-state index in [9.17, 15) is 9.90 Å². The molecule has 2 aliphatic heterocycles. The molecule has 5 heteroatoms. The lowest BCUT2D eigenvalue weighted by atomic mass is 10.0. The molecule has 0 saturated carbocycles. The number of alkyl halides is 1. The number of phenols is 1. The number of hydrogen-bond donors (Lipinski definition) is 1. The first kappa shape index (κ1) is 13.1. The molecule has 1 amide bonds. The Hall–Kier alpha value is -0.930. The monoisotopic (exact) mass is 299 g/mol. The van der Waals surface area contributed by atoms with Crippen molar-refractivity contribution in [1.29, 1.82) is 0 Å². The first-order valence-electron chi connectivity index (χ1n) is 6.51. The summed E-state index contributed by atoms with van der Waals surface area (Å²) >= 11 is 12.1. The van der Waals surface area contributed by atoms with E-state index in [0.717, 1.165) is 25.7 Å². The summed E-state index contributed by atoms with van der Waals surface area (Å²) < 4.78 is 0. The van der Waals surface area contributed by atoms with Crippen molar-refractivity contribution in [2.24, 2.45) is 0 Å². The van der Waals surface area contributed by atoms with Crippen LogP contribution < -0.4 is 0 Å². The number of benzene rings is 1. The summed E-state index contributed by atoms with van der Waals surface area (Å²) in [7, 11) is 0. The predicted octanol–water partition coefficient (Wildman–Crippen LogP) is 3.42. The molecule has 1 N–H and O–H groups in total. The van der Waals surface area contributed by atoms with Gasteiger partial charge in [0.1, 0.15) is 5.75 Å². The van der Waals surface area contributed by atoms with E-state index in [1.165, 1.54) is 12.1 Å². The minimum atomic E-state index is -0.129. The largest absolute Gasteiger partial charge is 0.507 e. The van der Waals surface area contributed by atoms with Crippen molar-refractivity contribution in [1.82, 2.24) is 4.90 Å². The van der Waals surface area contributed by atoms with Gasteiger partial charge in [-0.1, -0.05) is 11.6 Å². The molecule has 102 valence electrons. The van der Waals surface area contributed by atoms with E-state index in [-0.39, 0.29) is 34.7 Å². The Kier molecular flexibility index (Phi) is 3.35. The second kappa shape index (κ2) is 4.88. The summed E-state index contributed by atoms with van der Waals surface area (Å²) in [5.41, 5.74) is 0.289. The molecule has 19 heavy (non-hydrogen) atoms. The predicted molar refractivity (Wildman–Crippen MR) is 75.0 cm³/mol. The second-order valence-electron chi connectivity index (χ2n) is 5.33. The molecule has 2 fully saturated rings. The number of hydrogen-bond acceptors (Lipinski definition) is 2. The summed E-state index contributed by atoms with van der Waals surface area (Å²) in [6, 6.07) is 4.98. The SMILES string of the molecule is O=C(c1cc(Cl)ccc1O)N1C2CCC1CC(Cl)C2. The highest BCUT2D eigenvalue weighted by Gasteiger charge is 2.43. The Morgan fingerprint density at radius 2 is 1.89 bits per heavy atom. The van der Waals surface area contributed by atoms with Crippen molar-refractivity contribution >= 4 is 29.1 Å². The van der Waals surface area contributed by atoms with Crippen LogP contribution in [0.5, 0.6) is 5.75 Å². The van der Waals surface area contributed by atoms with Crippen LogP contribution in [-0.2, 0) is 0 Å². The van der Waals surface area contributed by atoms with Crippen molar-refractivity contribution in [3.63, 3.8) is 0 Å². The van der Waals surface area contributed by atoms with Gasteiger partial charge >= 0.3 is 0 Å². The van der Waals surface area contributed by atoms with Crippen molar-refractivity contribution in [3.05, 3.63) is 28.8 Å². The van der Waals surface area contributed by atoms with Gasteiger partial charge < -0.3 is 10.0 Å². The number of amides is 1. The van der Waals surface area contributed by atoms with Crippen LogP contribution in [-0.4, -0.2) is 33.4 Å². The highest BCUT2D eigenvalue weighted by atomic mass is 35.5. The number of nitrogens with zero attached hydrogens (tertiary/aromatic N) is 1. The molecule has 0 spiro atoms. The minimum absolute atomic E-state index is 0.0122. The molecule has 2 aliphatic rings. The topological polar surface area (TPSA) is 40.5 Å². The van der Waals surface area contributed by atoms with Gasteiger partial charge in [-0.25, -0.2) is 0 Å². The Morgan fingerprint density at radius 3 is 2.53 bits per heavy atom. The van der Waals surface area contributed by atoms with Gasteiger partial charge in [-0.2, -0.15) is 0 Å². The fourth-order valence-electron chi connectivity index (χ4n) is 3.26. The third-order valence-corrected chi connectivity index (χ3v) is 4.69. The van der Waals surface area contributed by atoms with E-state index in [2.05, 4.69) is 0 Å². The maximum absolute atomic E-state index is 12.6. The van der Waals surface area contributed by atoms with Gasteiger partial charge in [0.15, 0.2) is 0 Å². The molecular formula is C14H15Cl2NO2. The van der Waals surface area contributed by atoms with E-state index < -0.39 is 0 Å². The van der Waals surface area contributed by atoms with Crippen LogP contribution in [0, 0.1) is 0 Å². The number of fused-ring (bicyclic) bond motifs is 2. The maximum Gasteiger partial charge on any atom is 0.258 e. The van der Waals surface area contributed by atoms with Gasteiger partial charge in [-0.15, -0.1) is 11.6 Å². The molecule has 0 radical (unpaired) electrons. The fraction of sp³-hybridized carbons (Fsp3) is 0.500. The number of carbonyl (C=O) groups is 1. The van der Waals surface area contributed by atoms with Crippen LogP contribution in [0.1, 0.15) is 36.0 Å². The molecule has 2 heterocycles. The summed E-state index contributed by atoms with van der Waals surface area (Å²) in [6.07, 6.45) is 3.68. The van der Waals surface area contributed by atoms with Crippen LogP contribution >= 0.6 is 23.2 Å². The number of rotatable bonds is 1. The highest BCUT2D eigenvalue weighted by Crippen LogP contribution is 2.39. The number of aromatic hydroxyl groups is 1. The van der Waals surface area contributed by atoms with Crippen LogP contribution in [0.2, 0.25) is 5.02 Å². The molecule has 2 bridgehead atoms. The Labute approximate surface area is 122 Å². The first-order valence-corrected chi connectivity index (χ1v) is 7.33. The molecule has 3 nitrogen and oxygen atoms in total. The molecule has 3 rings (SSSR count). The second-order valence-corrected chi connectivity index (χ2v) is 6.38. The van der Waals surface area contributed by atoms with Crippen molar-refractivity contribution < 1.29 is 9.90 Å². The van der Waals surface area contributed by atoms with Gasteiger partial charge in [0.05, 0.1) is 5.56 Å².